The smallest absolute Gasteiger partial charge is 0.233 e. The van der Waals surface area contributed by atoms with Crippen molar-refractivity contribution >= 4 is 87.5 Å². The highest BCUT2D eigenvalue weighted by Crippen LogP contribution is 2.42. The van der Waals surface area contributed by atoms with Crippen LogP contribution in [0.4, 0.5) is 40.6 Å². The fraction of sp³-hybridized carbons (Fsp3) is 0.240. The second-order valence-corrected chi connectivity index (χ2v) is 11.4. The van der Waals surface area contributed by atoms with Gasteiger partial charge in [-0.2, -0.15) is 15.0 Å². The SMILES string of the molecule is Nc1ccc2cc(SOOO)cc(O)c2c1N=Nc1ccc(Nc2nc(NCCSOOO)nc(N(CCO)CCO)n2)cc1SOOO. The van der Waals surface area contributed by atoms with Crippen molar-refractivity contribution in [2.24, 2.45) is 10.2 Å². The van der Waals surface area contributed by atoms with Crippen LogP contribution in [0.25, 0.3) is 10.8 Å². The van der Waals surface area contributed by atoms with Gasteiger partial charge in [0.05, 0.1) is 53.3 Å². The molecule has 0 aliphatic carbocycles. The van der Waals surface area contributed by atoms with E-state index in [1.165, 1.54) is 6.07 Å². The molecule has 49 heavy (non-hydrogen) atoms. The lowest BCUT2D eigenvalue weighted by Gasteiger charge is -2.21. The van der Waals surface area contributed by atoms with Gasteiger partial charge >= 0.3 is 0 Å². The first-order chi connectivity index (χ1) is 23.9. The first-order valence-electron chi connectivity index (χ1n) is 13.6. The Morgan fingerprint density at radius 3 is 2.31 bits per heavy atom. The van der Waals surface area contributed by atoms with E-state index < -0.39 is 0 Å². The second-order valence-electron chi connectivity index (χ2n) is 9.11. The summed E-state index contributed by atoms with van der Waals surface area (Å²) in [6.07, 6.45) is 0. The van der Waals surface area contributed by atoms with Crippen molar-refractivity contribution < 1.29 is 59.2 Å². The van der Waals surface area contributed by atoms with Crippen LogP contribution in [0.5, 0.6) is 5.75 Å². The number of aromatic hydroxyl groups is 1. The van der Waals surface area contributed by atoms with Crippen molar-refractivity contribution in [3.05, 3.63) is 42.5 Å². The maximum Gasteiger partial charge on any atom is 0.233 e. The van der Waals surface area contributed by atoms with Crippen molar-refractivity contribution in [3.8, 4) is 5.75 Å². The van der Waals surface area contributed by atoms with Gasteiger partial charge in [0.1, 0.15) is 17.1 Å². The monoisotopic (exact) mass is 743 g/mol. The number of anilines is 5. The molecular formula is C25H29N9O12S3. The van der Waals surface area contributed by atoms with E-state index in [0.29, 0.717) is 62.6 Å². The van der Waals surface area contributed by atoms with Gasteiger partial charge in [-0.15, -0.1) is 23.2 Å². The van der Waals surface area contributed by atoms with Crippen molar-refractivity contribution in [1.29, 1.82) is 0 Å². The first kappa shape index (κ1) is 38.0. The van der Waals surface area contributed by atoms with Crippen molar-refractivity contribution in [2.75, 3.05) is 59.9 Å². The summed E-state index contributed by atoms with van der Waals surface area (Å²) in [7, 11) is 0. The molecule has 0 radical (unpaired) electrons. The van der Waals surface area contributed by atoms with Gasteiger partial charge in [-0.3, -0.25) is 0 Å². The number of nitrogens with two attached hydrogens (primary N) is 1. The largest absolute Gasteiger partial charge is 0.507 e. The van der Waals surface area contributed by atoms with Gasteiger partial charge in [-0.25, -0.2) is 15.8 Å². The minimum absolute atomic E-state index is 0.0770. The number of phenolic OH excluding ortho intramolecular Hbond substituents is 1. The number of hydrogen-bond acceptors (Lipinski definition) is 24. The topological polar surface area (TPSA) is 293 Å². The summed E-state index contributed by atoms with van der Waals surface area (Å²) in [5, 5.41) is 81.7. The number of hydrogen-bond donors (Lipinski definition) is 9. The molecule has 0 amide bonds. The molecule has 24 heteroatoms. The van der Waals surface area contributed by atoms with Gasteiger partial charge in [0.2, 0.25) is 17.8 Å². The average molecular weight is 744 g/mol. The molecule has 3 aromatic carbocycles. The van der Waals surface area contributed by atoms with Crippen LogP contribution >= 0.6 is 36.1 Å². The van der Waals surface area contributed by atoms with E-state index in [-0.39, 0.29) is 67.0 Å². The number of aliphatic hydroxyl groups is 2. The Balaban J connectivity index is 1.65. The lowest BCUT2D eigenvalue weighted by atomic mass is 10.1. The molecule has 0 saturated heterocycles. The van der Waals surface area contributed by atoms with E-state index in [9.17, 15) is 15.3 Å². The minimum Gasteiger partial charge on any atom is -0.507 e. The maximum absolute atomic E-state index is 10.7. The molecule has 0 unspecified atom stereocenters. The molecule has 1 heterocycles. The van der Waals surface area contributed by atoms with Crippen LogP contribution in [-0.4, -0.2) is 84.6 Å². The summed E-state index contributed by atoms with van der Waals surface area (Å²) in [5.41, 5.74) is 7.22. The molecule has 0 spiro atoms. The second kappa shape index (κ2) is 20.0. The van der Waals surface area contributed by atoms with Crippen LogP contribution < -0.4 is 21.3 Å². The summed E-state index contributed by atoms with van der Waals surface area (Å²) >= 11 is 2.10. The molecule has 1 aromatic heterocycles. The molecule has 4 aromatic rings. The predicted octanol–water partition coefficient (Wildman–Crippen LogP) is 4.60. The number of nitrogens with one attached hydrogen (secondary N) is 2. The lowest BCUT2D eigenvalue weighted by Crippen LogP contribution is -2.32. The third-order valence-electron chi connectivity index (χ3n) is 6.06. The highest BCUT2D eigenvalue weighted by atomic mass is 32.2. The van der Waals surface area contributed by atoms with E-state index >= 15 is 0 Å². The summed E-state index contributed by atoms with van der Waals surface area (Å²) in [6.45, 7) is 0.102. The Morgan fingerprint density at radius 2 is 1.57 bits per heavy atom. The van der Waals surface area contributed by atoms with E-state index in [2.05, 4.69) is 63.9 Å². The Kier molecular flexibility index (Phi) is 15.5. The third kappa shape index (κ3) is 11.1. The fourth-order valence-corrected chi connectivity index (χ4v) is 5.32. The Hall–Kier alpha value is -3.86. The molecule has 264 valence electrons. The minimum atomic E-state index is -0.227. The lowest BCUT2D eigenvalue weighted by molar-refractivity contribution is -0.432. The molecule has 21 nitrogen and oxygen atoms in total. The number of fused-ring (bicyclic) bond motifs is 1. The zero-order chi connectivity index (χ0) is 35.0. The van der Waals surface area contributed by atoms with Crippen LogP contribution in [0.3, 0.4) is 0 Å². The van der Waals surface area contributed by atoms with Crippen LogP contribution in [0, 0.1) is 0 Å². The van der Waals surface area contributed by atoms with Crippen LogP contribution in [0.1, 0.15) is 0 Å². The number of azo groups is 1. The van der Waals surface area contributed by atoms with Crippen LogP contribution in [-0.2, 0) is 28.1 Å². The van der Waals surface area contributed by atoms with E-state index in [0.717, 1.165) is 12.0 Å². The van der Waals surface area contributed by atoms with Crippen molar-refractivity contribution in [3.63, 3.8) is 0 Å². The summed E-state index contributed by atoms with van der Waals surface area (Å²) in [5.74, 6) is 0.519. The number of aliphatic hydroxyl groups excluding tert-OH is 2. The average Bonchev–Trinajstić information content (AvgIpc) is 3.09. The summed E-state index contributed by atoms with van der Waals surface area (Å²) in [4.78, 5) is 15.4. The molecule has 0 atom stereocenters. The Morgan fingerprint density at radius 1 is 0.837 bits per heavy atom. The summed E-state index contributed by atoms with van der Waals surface area (Å²) < 4.78 is 13.5. The van der Waals surface area contributed by atoms with Crippen molar-refractivity contribution in [1.82, 2.24) is 15.0 Å². The first-order valence-corrected chi connectivity index (χ1v) is 16.0. The standard InChI is InChI=1S/C25H29N9O12S3/c26-17-3-1-14-11-16(48-45-42-39)13-19(37)21(14)22(17)33-32-18-4-2-15(12-20(18)49-46-43-40)28-24-29-23(27-5-10-47-44-41-38)30-25(31-24)34(6-8-35)7-9-36/h1-4,11-13,35-40H,5-10,26H2,(H2,27,28,29,30,31). The highest BCUT2D eigenvalue weighted by Gasteiger charge is 2.16. The third-order valence-corrected chi connectivity index (χ3v) is 7.78. The van der Waals surface area contributed by atoms with Gasteiger partial charge in [0.15, 0.2) is 0 Å². The molecule has 0 aliphatic rings. The number of nitrogen functional groups attached to an aromatic ring is 1. The van der Waals surface area contributed by atoms with Gasteiger partial charge in [0, 0.05) is 48.0 Å². The van der Waals surface area contributed by atoms with E-state index in [4.69, 9.17) is 21.5 Å². The van der Waals surface area contributed by atoms with Crippen LogP contribution in [0.15, 0.2) is 62.5 Å². The van der Waals surface area contributed by atoms with Gasteiger partial charge in [-0.05, 0) is 41.8 Å². The number of aromatic nitrogens is 3. The number of phenols is 1. The highest BCUT2D eigenvalue weighted by molar-refractivity contribution is 7.95. The normalized spacial score (nSPS) is 11.4. The molecule has 0 saturated carbocycles. The molecule has 0 bridgehead atoms. The zero-order valence-corrected chi connectivity index (χ0v) is 27.4. The van der Waals surface area contributed by atoms with E-state index in [1.807, 2.05) is 0 Å². The number of rotatable bonds is 21. The molecule has 10 N–H and O–H groups in total. The zero-order valence-electron chi connectivity index (χ0n) is 24.9. The van der Waals surface area contributed by atoms with Gasteiger partial charge in [-0.1, -0.05) is 21.2 Å². The quantitative estimate of drug-likeness (QED) is 0.0141. The maximum atomic E-state index is 10.7. The van der Waals surface area contributed by atoms with Crippen LogP contribution in [0.2, 0.25) is 0 Å². The Bertz CT molecular complexity index is 1690. The molecule has 0 fully saturated rings. The fourth-order valence-electron chi connectivity index (χ4n) is 4.11. The summed E-state index contributed by atoms with van der Waals surface area (Å²) in [6, 6.07) is 11.0. The van der Waals surface area contributed by atoms with Gasteiger partial charge < -0.3 is 36.6 Å². The van der Waals surface area contributed by atoms with E-state index in [1.54, 1.807) is 41.3 Å². The van der Waals surface area contributed by atoms with Gasteiger partial charge in [0.25, 0.3) is 0 Å². The number of nitrogens with zero attached hydrogens (tertiary/aromatic N) is 6. The Labute approximate surface area is 289 Å². The molecule has 4 rings (SSSR count). The molecule has 0 aliphatic heterocycles. The van der Waals surface area contributed by atoms with Crippen molar-refractivity contribution in [2.45, 2.75) is 9.79 Å². The predicted molar refractivity (Wildman–Crippen MR) is 177 cm³/mol. The molecular weight excluding hydrogens is 715 g/mol. The number of benzene rings is 3.